The van der Waals surface area contributed by atoms with Gasteiger partial charge in [0.05, 0.1) is 11.0 Å². The van der Waals surface area contributed by atoms with E-state index in [-0.39, 0.29) is 0 Å². The molecule has 14 heavy (non-hydrogen) atoms. The molecule has 0 fully saturated rings. The van der Waals surface area contributed by atoms with Gasteiger partial charge in [0.1, 0.15) is 5.82 Å². The maximum atomic E-state index is 6.02. The number of imidazole rings is 1. The first-order valence-electron chi connectivity index (χ1n) is 4.86. The van der Waals surface area contributed by atoms with E-state index in [1.54, 1.807) is 0 Å². The van der Waals surface area contributed by atoms with Crippen LogP contribution in [0.4, 0.5) is 0 Å². The van der Waals surface area contributed by atoms with E-state index in [1.165, 1.54) is 0 Å². The quantitative estimate of drug-likeness (QED) is 0.805. The van der Waals surface area contributed by atoms with Crippen LogP contribution in [0.15, 0.2) is 12.1 Å². The van der Waals surface area contributed by atoms with Gasteiger partial charge in [0.2, 0.25) is 0 Å². The summed E-state index contributed by atoms with van der Waals surface area (Å²) < 4.78 is 0. The molecule has 0 bridgehead atoms. The molecule has 0 aliphatic rings. The first-order valence-corrected chi connectivity index (χ1v) is 5.24. The van der Waals surface area contributed by atoms with Crippen molar-refractivity contribution in [3.8, 4) is 0 Å². The Bertz CT molecular complexity index is 460. The summed E-state index contributed by atoms with van der Waals surface area (Å²) in [5, 5.41) is 0.784. The van der Waals surface area contributed by atoms with E-state index in [0.29, 0.717) is 0 Å². The summed E-state index contributed by atoms with van der Waals surface area (Å²) in [7, 11) is 0. The third-order valence-corrected chi connectivity index (χ3v) is 2.79. The Morgan fingerprint density at radius 3 is 2.93 bits per heavy atom. The molecule has 0 saturated carbocycles. The van der Waals surface area contributed by atoms with E-state index in [0.717, 1.165) is 40.3 Å². The molecular formula is C11H13ClN2. The van der Waals surface area contributed by atoms with Gasteiger partial charge in [-0.15, -0.1) is 0 Å². The molecule has 1 aromatic carbocycles. The SMILES string of the molecule is CCCc1nc2c(C)c(Cl)ccc2[nH]1. The van der Waals surface area contributed by atoms with Gasteiger partial charge < -0.3 is 4.98 Å². The molecular weight excluding hydrogens is 196 g/mol. The second-order valence-electron chi connectivity index (χ2n) is 3.50. The minimum Gasteiger partial charge on any atom is -0.342 e. The Labute approximate surface area is 88.3 Å². The number of benzene rings is 1. The summed E-state index contributed by atoms with van der Waals surface area (Å²) in [4.78, 5) is 7.82. The fourth-order valence-corrected chi connectivity index (χ4v) is 1.75. The monoisotopic (exact) mass is 208 g/mol. The van der Waals surface area contributed by atoms with Crippen molar-refractivity contribution in [2.45, 2.75) is 26.7 Å². The molecule has 1 N–H and O–H groups in total. The molecule has 0 radical (unpaired) electrons. The van der Waals surface area contributed by atoms with Crippen LogP contribution in [0.5, 0.6) is 0 Å². The van der Waals surface area contributed by atoms with Crippen LogP contribution >= 0.6 is 11.6 Å². The van der Waals surface area contributed by atoms with Gasteiger partial charge in [-0.1, -0.05) is 18.5 Å². The van der Waals surface area contributed by atoms with Crippen LogP contribution in [0.1, 0.15) is 24.7 Å². The highest BCUT2D eigenvalue weighted by Crippen LogP contribution is 2.23. The average Bonchev–Trinajstić information content (AvgIpc) is 2.56. The van der Waals surface area contributed by atoms with Crippen molar-refractivity contribution >= 4 is 22.6 Å². The molecule has 0 amide bonds. The maximum Gasteiger partial charge on any atom is 0.107 e. The van der Waals surface area contributed by atoms with Crippen LogP contribution in [0.25, 0.3) is 11.0 Å². The van der Waals surface area contributed by atoms with Gasteiger partial charge in [0, 0.05) is 11.4 Å². The number of hydrogen-bond acceptors (Lipinski definition) is 1. The summed E-state index contributed by atoms with van der Waals surface area (Å²) in [6, 6.07) is 3.89. The normalized spacial score (nSPS) is 11.1. The number of aromatic amines is 1. The molecule has 0 aliphatic heterocycles. The Kier molecular flexibility index (Phi) is 2.46. The van der Waals surface area contributed by atoms with E-state index >= 15 is 0 Å². The highest BCUT2D eigenvalue weighted by atomic mass is 35.5. The highest BCUT2D eigenvalue weighted by Gasteiger charge is 2.06. The van der Waals surface area contributed by atoms with Crippen molar-refractivity contribution in [2.24, 2.45) is 0 Å². The molecule has 0 unspecified atom stereocenters. The van der Waals surface area contributed by atoms with Crippen LogP contribution in [0, 0.1) is 6.92 Å². The average molecular weight is 209 g/mol. The lowest BCUT2D eigenvalue weighted by atomic mass is 10.2. The molecule has 1 heterocycles. The summed E-state index contributed by atoms with van der Waals surface area (Å²) in [5.74, 6) is 1.05. The number of halogens is 1. The fraction of sp³-hybridized carbons (Fsp3) is 0.364. The number of nitrogens with one attached hydrogen (secondary N) is 1. The number of nitrogens with zero attached hydrogens (tertiary/aromatic N) is 1. The lowest BCUT2D eigenvalue weighted by Crippen LogP contribution is -1.84. The van der Waals surface area contributed by atoms with Gasteiger partial charge in [-0.05, 0) is 31.0 Å². The third kappa shape index (κ3) is 1.50. The highest BCUT2D eigenvalue weighted by molar-refractivity contribution is 6.32. The maximum absolute atomic E-state index is 6.02. The number of hydrogen-bond donors (Lipinski definition) is 1. The summed E-state index contributed by atoms with van der Waals surface area (Å²) >= 11 is 6.02. The lowest BCUT2D eigenvalue weighted by molar-refractivity contribution is 0.861. The Morgan fingerprint density at radius 1 is 1.43 bits per heavy atom. The van der Waals surface area contributed by atoms with Gasteiger partial charge in [-0.25, -0.2) is 4.98 Å². The largest absolute Gasteiger partial charge is 0.342 e. The minimum atomic E-state index is 0.784. The van der Waals surface area contributed by atoms with Crippen LogP contribution in [0.2, 0.25) is 5.02 Å². The minimum absolute atomic E-state index is 0.784. The predicted molar refractivity (Wildman–Crippen MR) is 59.8 cm³/mol. The van der Waals surface area contributed by atoms with Crippen LogP contribution in [-0.4, -0.2) is 9.97 Å². The Balaban J connectivity index is 2.59. The Morgan fingerprint density at radius 2 is 2.21 bits per heavy atom. The fourth-order valence-electron chi connectivity index (χ4n) is 1.59. The molecule has 2 rings (SSSR count). The summed E-state index contributed by atoms with van der Waals surface area (Å²) in [5.41, 5.74) is 3.14. The second kappa shape index (κ2) is 3.62. The zero-order valence-electron chi connectivity index (χ0n) is 8.39. The molecule has 1 aromatic heterocycles. The molecule has 74 valence electrons. The second-order valence-corrected chi connectivity index (χ2v) is 3.91. The summed E-state index contributed by atoms with van der Waals surface area (Å²) in [6.45, 7) is 4.15. The molecule has 0 atom stereocenters. The smallest absolute Gasteiger partial charge is 0.107 e. The first-order chi connectivity index (χ1) is 6.72. The lowest BCUT2D eigenvalue weighted by Gasteiger charge is -1.96. The molecule has 0 saturated heterocycles. The standard InChI is InChI=1S/C11H13ClN2/c1-3-4-10-13-9-6-5-8(12)7(2)11(9)14-10/h5-6H,3-4H2,1-2H3,(H,13,14). The molecule has 3 heteroatoms. The number of rotatable bonds is 2. The van der Waals surface area contributed by atoms with Crippen molar-refractivity contribution in [3.05, 3.63) is 28.5 Å². The van der Waals surface area contributed by atoms with E-state index in [2.05, 4.69) is 16.9 Å². The van der Waals surface area contributed by atoms with Crippen LogP contribution in [0.3, 0.4) is 0 Å². The first kappa shape index (κ1) is 9.53. The zero-order valence-corrected chi connectivity index (χ0v) is 9.15. The topological polar surface area (TPSA) is 28.7 Å². The van der Waals surface area contributed by atoms with Gasteiger partial charge in [0.25, 0.3) is 0 Å². The van der Waals surface area contributed by atoms with E-state index < -0.39 is 0 Å². The number of aryl methyl sites for hydroxylation is 2. The van der Waals surface area contributed by atoms with Gasteiger partial charge in [0.15, 0.2) is 0 Å². The van der Waals surface area contributed by atoms with E-state index in [4.69, 9.17) is 11.6 Å². The van der Waals surface area contributed by atoms with Crippen molar-refractivity contribution in [2.75, 3.05) is 0 Å². The Hall–Kier alpha value is -1.02. The van der Waals surface area contributed by atoms with E-state index in [9.17, 15) is 0 Å². The number of H-pyrrole nitrogens is 1. The van der Waals surface area contributed by atoms with E-state index in [1.807, 2.05) is 19.1 Å². The number of fused-ring (bicyclic) bond motifs is 1. The van der Waals surface area contributed by atoms with Gasteiger partial charge in [-0.2, -0.15) is 0 Å². The molecule has 2 nitrogen and oxygen atoms in total. The van der Waals surface area contributed by atoms with Crippen LogP contribution in [-0.2, 0) is 6.42 Å². The van der Waals surface area contributed by atoms with Crippen LogP contribution < -0.4 is 0 Å². The molecule has 0 aliphatic carbocycles. The van der Waals surface area contributed by atoms with Crippen molar-refractivity contribution in [1.29, 1.82) is 0 Å². The number of aromatic nitrogens is 2. The summed E-state index contributed by atoms with van der Waals surface area (Å²) in [6.07, 6.45) is 2.10. The van der Waals surface area contributed by atoms with Crippen molar-refractivity contribution < 1.29 is 0 Å². The molecule has 0 spiro atoms. The van der Waals surface area contributed by atoms with Crippen molar-refractivity contribution in [3.63, 3.8) is 0 Å². The predicted octanol–water partition coefficient (Wildman–Crippen LogP) is 3.48. The van der Waals surface area contributed by atoms with Gasteiger partial charge in [-0.3, -0.25) is 0 Å². The zero-order chi connectivity index (χ0) is 10.1. The van der Waals surface area contributed by atoms with Gasteiger partial charge >= 0.3 is 0 Å². The van der Waals surface area contributed by atoms with Crippen molar-refractivity contribution in [1.82, 2.24) is 9.97 Å². The third-order valence-electron chi connectivity index (χ3n) is 2.38. The molecule has 2 aromatic rings.